The highest BCUT2D eigenvalue weighted by Crippen LogP contribution is 2.75. The Kier molecular flexibility index (Phi) is 3.19. The van der Waals surface area contributed by atoms with Gasteiger partial charge in [-0.2, -0.15) is 0 Å². The van der Waals surface area contributed by atoms with Gasteiger partial charge in [0.1, 0.15) is 0 Å². The molecule has 3 fully saturated rings. The van der Waals surface area contributed by atoms with Gasteiger partial charge < -0.3 is 0 Å². The van der Waals surface area contributed by atoms with Crippen molar-refractivity contribution in [2.45, 2.75) is 61.0 Å². The smallest absolute Gasteiger partial charge is 0.182 e. The van der Waals surface area contributed by atoms with Crippen LogP contribution in [-0.4, -0.2) is 21.7 Å². The fourth-order valence-corrected chi connectivity index (χ4v) is 14.1. The van der Waals surface area contributed by atoms with E-state index in [2.05, 4.69) is 25.7 Å². The van der Waals surface area contributed by atoms with E-state index in [1.54, 1.807) is 5.57 Å². The summed E-state index contributed by atoms with van der Waals surface area (Å²) in [7, 11) is -4.89. The quantitative estimate of drug-likeness (QED) is 0.558. The summed E-state index contributed by atoms with van der Waals surface area (Å²) >= 11 is 0. The summed E-state index contributed by atoms with van der Waals surface area (Å²) in [5.74, 6) is 1.80. The van der Waals surface area contributed by atoms with Crippen molar-refractivity contribution < 1.29 is 8.42 Å². The average Bonchev–Trinajstić information content (AvgIpc) is 3.29. The molecule has 4 bridgehead atoms. The molecule has 6 atom stereocenters. The van der Waals surface area contributed by atoms with Crippen molar-refractivity contribution in [3.05, 3.63) is 42.0 Å². The van der Waals surface area contributed by atoms with Crippen molar-refractivity contribution in [1.82, 2.24) is 0 Å². The normalized spacial score (nSPS) is 41.9. The lowest BCUT2D eigenvalue weighted by Gasteiger charge is -2.46. The summed E-state index contributed by atoms with van der Waals surface area (Å²) in [6.07, 6.45) is 7.46. The summed E-state index contributed by atoms with van der Waals surface area (Å²) < 4.78 is 27.8. The zero-order valence-corrected chi connectivity index (χ0v) is 17.2. The fourth-order valence-electron chi connectivity index (χ4n) is 7.21. The Balaban J connectivity index is 1.72. The first-order chi connectivity index (χ1) is 11.8. The van der Waals surface area contributed by atoms with Gasteiger partial charge in [-0.15, -0.1) is 0 Å². The molecule has 1 spiro atoms. The average molecular weight is 373 g/mol. The van der Waals surface area contributed by atoms with Crippen LogP contribution in [0.4, 0.5) is 0 Å². The van der Waals surface area contributed by atoms with Crippen LogP contribution in [0.15, 0.2) is 46.9 Å². The molecule has 3 saturated carbocycles. The molecule has 1 aromatic carbocycles. The third kappa shape index (κ3) is 1.93. The number of fused-ring (bicyclic) bond motifs is 4. The van der Waals surface area contributed by atoms with Crippen LogP contribution in [0.2, 0.25) is 25.2 Å². The Bertz CT molecular complexity index is 852. The van der Waals surface area contributed by atoms with Crippen molar-refractivity contribution >= 4 is 17.9 Å². The molecular weight excluding hydrogens is 344 g/mol. The molecule has 4 heteroatoms. The van der Waals surface area contributed by atoms with Gasteiger partial charge in [-0.3, -0.25) is 0 Å². The summed E-state index contributed by atoms with van der Waals surface area (Å²) in [6.45, 7) is 7.13. The lowest BCUT2D eigenvalue weighted by molar-refractivity contribution is 0.245. The van der Waals surface area contributed by atoms with E-state index in [-0.39, 0.29) is 10.7 Å². The van der Waals surface area contributed by atoms with Gasteiger partial charge in [-0.05, 0) is 61.1 Å². The Morgan fingerprint density at radius 3 is 2.48 bits per heavy atom. The van der Waals surface area contributed by atoms with Gasteiger partial charge in [0.25, 0.3) is 0 Å². The van der Waals surface area contributed by atoms with Gasteiger partial charge in [0.05, 0.1) is 10.1 Å². The molecular formula is C21H28O2SSi. The first-order valence-electron chi connectivity index (χ1n) is 9.77. The summed E-state index contributed by atoms with van der Waals surface area (Å²) in [5, 5.41) is -0.172. The third-order valence-corrected chi connectivity index (χ3v) is 13.1. The van der Waals surface area contributed by atoms with E-state index in [9.17, 15) is 8.42 Å². The van der Waals surface area contributed by atoms with Crippen LogP contribution in [-0.2, 0) is 9.84 Å². The maximum absolute atomic E-state index is 13.9. The monoisotopic (exact) mass is 372 g/mol. The minimum atomic E-state index is -3.29. The topological polar surface area (TPSA) is 34.1 Å². The van der Waals surface area contributed by atoms with E-state index < -0.39 is 17.9 Å². The Morgan fingerprint density at radius 2 is 1.80 bits per heavy atom. The summed E-state index contributed by atoms with van der Waals surface area (Å²) in [4.78, 5) is 0.548. The van der Waals surface area contributed by atoms with Crippen molar-refractivity contribution in [1.29, 1.82) is 0 Å². The minimum absolute atomic E-state index is 0.0206. The Hall–Kier alpha value is -0.873. The number of hydrogen-bond acceptors (Lipinski definition) is 2. The lowest BCUT2D eigenvalue weighted by Crippen LogP contribution is -2.49. The van der Waals surface area contributed by atoms with Crippen LogP contribution >= 0.6 is 0 Å². The Morgan fingerprint density at radius 1 is 1.08 bits per heavy atom. The zero-order valence-electron chi connectivity index (χ0n) is 15.4. The first kappa shape index (κ1) is 16.3. The molecule has 0 aromatic heterocycles. The van der Waals surface area contributed by atoms with E-state index in [0.29, 0.717) is 28.2 Å². The molecule has 0 heterocycles. The molecule has 1 aromatic rings. The standard InChI is InChI=1S/C21H28O2SSi/c1-25(2,3)19-15-12-18-14-9-10-16(11-14)21(18,13-15)20(19)24(22,23)17-7-5-4-6-8-17/h4-8,12,14-16,19-20H,9-11,13H2,1-3H3/t14-,15-,16-,19-,20-,21+/m0/s1. The van der Waals surface area contributed by atoms with Gasteiger partial charge in [0, 0.05) is 13.5 Å². The van der Waals surface area contributed by atoms with Gasteiger partial charge in [-0.25, -0.2) is 8.42 Å². The van der Waals surface area contributed by atoms with E-state index in [1.165, 1.54) is 19.3 Å². The number of allylic oxidation sites excluding steroid dienone is 2. The van der Waals surface area contributed by atoms with E-state index in [4.69, 9.17) is 0 Å². The second-order valence-corrected chi connectivity index (χ2v) is 17.4. The highest BCUT2D eigenvalue weighted by molar-refractivity contribution is 7.92. The summed E-state index contributed by atoms with van der Waals surface area (Å²) in [5.41, 5.74) is 1.90. The van der Waals surface area contributed by atoms with Gasteiger partial charge in [0.15, 0.2) is 9.84 Å². The van der Waals surface area contributed by atoms with E-state index in [1.807, 2.05) is 30.3 Å². The van der Waals surface area contributed by atoms with Gasteiger partial charge in [-0.1, -0.05) is 49.5 Å². The lowest BCUT2D eigenvalue weighted by atomic mass is 9.69. The maximum atomic E-state index is 13.9. The van der Waals surface area contributed by atoms with Gasteiger partial charge in [0.2, 0.25) is 0 Å². The molecule has 2 nitrogen and oxygen atoms in total. The zero-order chi connectivity index (χ0) is 17.6. The predicted molar refractivity (Wildman–Crippen MR) is 104 cm³/mol. The summed E-state index contributed by atoms with van der Waals surface area (Å²) in [6, 6.07) is 9.29. The molecule has 25 heavy (non-hydrogen) atoms. The maximum Gasteiger partial charge on any atom is 0.182 e. The SMILES string of the molecule is C[Si](C)(C)[C@H]1[C@H]2C=C3[C@H]4CC[C@@H](C4)[C@@]3(C2)[C@H]1S(=O)(=O)c1ccccc1. The van der Waals surface area contributed by atoms with Crippen LogP contribution in [0.3, 0.4) is 0 Å². The second-order valence-electron chi connectivity index (χ2n) is 9.91. The van der Waals surface area contributed by atoms with Crippen LogP contribution < -0.4 is 0 Å². The number of rotatable bonds is 3. The van der Waals surface area contributed by atoms with Crippen molar-refractivity contribution in [3.63, 3.8) is 0 Å². The fraction of sp³-hybridized carbons (Fsp3) is 0.619. The van der Waals surface area contributed by atoms with Crippen LogP contribution in [0.25, 0.3) is 0 Å². The Labute approximate surface area is 152 Å². The van der Waals surface area contributed by atoms with Crippen LogP contribution in [0.1, 0.15) is 25.7 Å². The highest BCUT2D eigenvalue weighted by atomic mass is 32.2. The highest BCUT2D eigenvalue weighted by Gasteiger charge is 2.72. The molecule has 0 amide bonds. The molecule has 0 radical (unpaired) electrons. The molecule has 0 saturated heterocycles. The predicted octanol–water partition coefficient (Wildman–Crippen LogP) is 4.91. The molecule has 0 N–H and O–H groups in total. The van der Waals surface area contributed by atoms with Crippen molar-refractivity contribution in [3.8, 4) is 0 Å². The molecule has 0 aliphatic heterocycles. The largest absolute Gasteiger partial charge is 0.223 e. The van der Waals surface area contributed by atoms with E-state index in [0.717, 1.165) is 6.42 Å². The van der Waals surface area contributed by atoms with Crippen LogP contribution in [0, 0.1) is 23.2 Å². The molecule has 134 valence electrons. The van der Waals surface area contributed by atoms with E-state index >= 15 is 0 Å². The second kappa shape index (κ2) is 4.89. The molecule has 0 unspecified atom stereocenters. The van der Waals surface area contributed by atoms with Crippen molar-refractivity contribution in [2.24, 2.45) is 23.2 Å². The number of sulfone groups is 1. The first-order valence-corrected chi connectivity index (χ1v) is 14.9. The molecule has 5 rings (SSSR count). The van der Waals surface area contributed by atoms with Gasteiger partial charge >= 0.3 is 0 Å². The third-order valence-electron chi connectivity index (χ3n) is 7.81. The molecule has 4 aliphatic rings. The number of hydrogen-bond donors (Lipinski definition) is 0. The van der Waals surface area contributed by atoms with Crippen molar-refractivity contribution in [2.75, 3.05) is 0 Å². The number of benzene rings is 1. The molecule has 4 aliphatic carbocycles. The van der Waals surface area contributed by atoms with Crippen LogP contribution in [0.5, 0.6) is 0 Å². The minimum Gasteiger partial charge on any atom is -0.223 e.